The summed E-state index contributed by atoms with van der Waals surface area (Å²) in [7, 11) is 1.84. The molecule has 1 aromatic carbocycles. The van der Waals surface area contributed by atoms with Gasteiger partial charge in [0.2, 0.25) is 0 Å². The van der Waals surface area contributed by atoms with Gasteiger partial charge in [0.05, 0.1) is 5.52 Å². The van der Waals surface area contributed by atoms with Crippen LogP contribution in [0.25, 0.3) is 16.7 Å². The van der Waals surface area contributed by atoms with E-state index < -0.39 is 0 Å². The van der Waals surface area contributed by atoms with E-state index in [4.69, 9.17) is 0 Å². The molecule has 2 aromatic heterocycles. The first-order valence-electron chi connectivity index (χ1n) is 4.76. The third-order valence-electron chi connectivity index (χ3n) is 2.45. The van der Waals surface area contributed by atoms with Crippen LogP contribution in [0.2, 0.25) is 0 Å². The second-order valence-corrected chi connectivity index (χ2v) is 4.29. The van der Waals surface area contributed by atoms with Gasteiger partial charge in [-0.3, -0.25) is 4.40 Å². The lowest BCUT2D eigenvalue weighted by Crippen LogP contribution is -1.98. The highest BCUT2D eigenvalue weighted by atomic mass is 79.9. The number of halogens is 1. The molecule has 5 nitrogen and oxygen atoms in total. The maximum atomic E-state index is 4.37. The maximum Gasteiger partial charge on any atom is 0.257 e. The number of hydrogen-bond donors (Lipinski definition) is 1. The lowest BCUT2D eigenvalue weighted by Gasteiger charge is -2.06. The van der Waals surface area contributed by atoms with Gasteiger partial charge in [-0.2, -0.15) is 4.98 Å². The molecule has 16 heavy (non-hydrogen) atoms. The van der Waals surface area contributed by atoms with Gasteiger partial charge in [-0.05, 0) is 18.2 Å². The SMILES string of the molecule is CNc1nc2nncn2c2cc(Br)ccc12. The van der Waals surface area contributed by atoms with Crippen molar-refractivity contribution in [3.63, 3.8) is 0 Å². The summed E-state index contributed by atoms with van der Waals surface area (Å²) in [6.45, 7) is 0. The molecule has 0 amide bonds. The molecule has 1 N–H and O–H groups in total. The van der Waals surface area contributed by atoms with Crippen LogP contribution >= 0.6 is 15.9 Å². The Balaban J connectivity index is 2.56. The Morgan fingerprint density at radius 1 is 1.38 bits per heavy atom. The zero-order valence-corrected chi connectivity index (χ0v) is 10.1. The number of hydrogen-bond acceptors (Lipinski definition) is 4. The van der Waals surface area contributed by atoms with Gasteiger partial charge in [-0.25, -0.2) is 0 Å². The summed E-state index contributed by atoms with van der Waals surface area (Å²) in [5, 5.41) is 11.9. The smallest absolute Gasteiger partial charge is 0.257 e. The van der Waals surface area contributed by atoms with E-state index >= 15 is 0 Å². The molecule has 0 aliphatic carbocycles. The Morgan fingerprint density at radius 2 is 2.25 bits per heavy atom. The van der Waals surface area contributed by atoms with Crippen molar-refractivity contribution >= 4 is 38.4 Å². The van der Waals surface area contributed by atoms with Crippen molar-refractivity contribution < 1.29 is 0 Å². The molecule has 0 saturated carbocycles. The van der Waals surface area contributed by atoms with Crippen LogP contribution in [0.4, 0.5) is 5.82 Å². The molecule has 2 heterocycles. The highest BCUT2D eigenvalue weighted by molar-refractivity contribution is 9.10. The quantitative estimate of drug-likeness (QED) is 0.740. The summed E-state index contributed by atoms with van der Waals surface area (Å²) >= 11 is 3.46. The number of fused-ring (bicyclic) bond motifs is 3. The first-order valence-corrected chi connectivity index (χ1v) is 5.55. The van der Waals surface area contributed by atoms with E-state index in [-0.39, 0.29) is 0 Å². The molecular weight excluding hydrogens is 270 g/mol. The normalized spacial score (nSPS) is 11.1. The summed E-state index contributed by atoms with van der Waals surface area (Å²) < 4.78 is 2.88. The van der Waals surface area contributed by atoms with Gasteiger partial charge in [0.15, 0.2) is 0 Å². The average molecular weight is 278 g/mol. The van der Waals surface area contributed by atoms with Crippen LogP contribution in [-0.4, -0.2) is 26.6 Å². The summed E-state index contributed by atoms with van der Waals surface area (Å²) in [4.78, 5) is 4.37. The molecule has 6 heteroatoms. The lowest BCUT2D eigenvalue weighted by atomic mass is 10.2. The van der Waals surface area contributed by atoms with Gasteiger partial charge < -0.3 is 5.32 Å². The standard InChI is InChI=1S/C10H8BrN5/c1-12-9-7-3-2-6(11)4-8(7)16-5-13-15-10(16)14-9/h2-5H,1H3,(H,12,14,15). The predicted molar refractivity (Wildman–Crippen MR) is 65.5 cm³/mol. The van der Waals surface area contributed by atoms with Crippen molar-refractivity contribution in [3.05, 3.63) is 29.0 Å². The Morgan fingerprint density at radius 3 is 3.06 bits per heavy atom. The van der Waals surface area contributed by atoms with Crippen molar-refractivity contribution in [2.24, 2.45) is 0 Å². The van der Waals surface area contributed by atoms with Crippen molar-refractivity contribution in [3.8, 4) is 0 Å². The summed E-state index contributed by atoms with van der Waals surface area (Å²) in [6, 6.07) is 6.02. The minimum Gasteiger partial charge on any atom is -0.372 e. The Kier molecular flexibility index (Phi) is 2.03. The zero-order valence-electron chi connectivity index (χ0n) is 8.48. The molecule has 0 aliphatic heterocycles. The third kappa shape index (κ3) is 1.26. The predicted octanol–water partition coefficient (Wildman–Crippen LogP) is 2.08. The zero-order chi connectivity index (χ0) is 11.1. The molecule has 3 aromatic rings. The minimum absolute atomic E-state index is 0.593. The van der Waals surface area contributed by atoms with Crippen LogP contribution in [0, 0.1) is 0 Å². The van der Waals surface area contributed by atoms with Gasteiger partial charge in [-0.15, -0.1) is 10.2 Å². The fourth-order valence-corrected chi connectivity index (χ4v) is 2.08. The Labute approximate surface area is 99.6 Å². The first kappa shape index (κ1) is 9.53. The van der Waals surface area contributed by atoms with Crippen molar-refractivity contribution in [1.82, 2.24) is 19.6 Å². The van der Waals surface area contributed by atoms with Crippen LogP contribution in [0.3, 0.4) is 0 Å². The molecule has 0 bridgehead atoms. The van der Waals surface area contributed by atoms with Crippen LogP contribution in [-0.2, 0) is 0 Å². The van der Waals surface area contributed by atoms with Crippen LogP contribution < -0.4 is 5.32 Å². The first-order chi connectivity index (χ1) is 7.79. The monoisotopic (exact) mass is 277 g/mol. The highest BCUT2D eigenvalue weighted by Gasteiger charge is 2.08. The molecule has 0 fully saturated rings. The second kappa shape index (κ2) is 3.41. The number of aromatic nitrogens is 4. The Hall–Kier alpha value is -1.69. The van der Waals surface area contributed by atoms with Crippen LogP contribution in [0.5, 0.6) is 0 Å². The topological polar surface area (TPSA) is 55.1 Å². The van der Waals surface area contributed by atoms with Crippen molar-refractivity contribution in [2.75, 3.05) is 12.4 Å². The molecule has 0 aliphatic rings. The summed E-state index contributed by atoms with van der Waals surface area (Å²) in [5.74, 6) is 1.40. The number of rotatable bonds is 1. The van der Waals surface area contributed by atoms with E-state index in [1.54, 1.807) is 6.33 Å². The van der Waals surface area contributed by atoms with Gasteiger partial charge in [-0.1, -0.05) is 15.9 Å². The van der Waals surface area contributed by atoms with E-state index in [0.29, 0.717) is 5.78 Å². The van der Waals surface area contributed by atoms with E-state index in [9.17, 15) is 0 Å². The molecule has 0 spiro atoms. The van der Waals surface area contributed by atoms with Crippen molar-refractivity contribution in [2.45, 2.75) is 0 Å². The fraction of sp³-hybridized carbons (Fsp3) is 0.100. The van der Waals surface area contributed by atoms with Crippen LogP contribution in [0.1, 0.15) is 0 Å². The van der Waals surface area contributed by atoms with Gasteiger partial charge >= 0.3 is 0 Å². The maximum absolute atomic E-state index is 4.37. The summed E-state index contributed by atoms with van der Waals surface area (Å²) in [6.07, 6.45) is 1.66. The minimum atomic E-state index is 0.593. The van der Waals surface area contributed by atoms with E-state index in [1.807, 2.05) is 29.6 Å². The van der Waals surface area contributed by atoms with Gasteiger partial charge in [0.1, 0.15) is 12.1 Å². The number of benzene rings is 1. The molecule has 0 saturated heterocycles. The average Bonchev–Trinajstić information content (AvgIpc) is 2.75. The number of nitrogens with zero attached hydrogens (tertiary/aromatic N) is 4. The van der Waals surface area contributed by atoms with E-state index in [2.05, 4.69) is 36.4 Å². The third-order valence-corrected chi connectivity index (χ3v) is 2.95. The van der Waals surface area contributed by atoms with Crippen LogP contribution in [0.15, 0.2) is 29.0 Å². The molecule has 0 atom stereocenters. The highest BCUT2D eigenvalue weighted by Crippen LogP contribution is 2.25. The number of anilines is 1. The van der Waals surface area contributed by atoms with E-state index in [0.717, 1.165) is 21.2 Å². The van der Waals surface area contributed by atoms with Crippen molar-refractivity contribution in [1.29, 1.82) is 0 Å². The summed E-state index contributed by atoms with van der Waals surface area (Å²) in [5.41, 5.74) is 1.02. The molecule has 3 rings (SSSR count). The second-order valence-electron chi connectivity index (χ2n) is 3.37. The van der Waals surface area contributed by atoms with E-state index in [1.165, 1.54) is 0 Å². The molecule has 80 valence electrons. The Bertz CT molecular complexity index is 675. The molecule has 0 unspecified atom stereocenters. The molecule has 0 radical (unpaired) electrons. The number of nitrogens with one attached hydrogen (secondary N) is 1. The largest absolute Gasteiger partial charge is 0.372 e. The fourth-order valence-electron chi connectivity index (χ4n) is 1.73. The van der Waals surface area contributed by atoms with Gasteiger partial charge in [0.25, 0.3) is 5.78 Å². The van der Waals surface area contributed by atoms with Gasteiger partial charge in [0, 0.05) is 16.9 Å². The lowest BCUT2D eigenvalue weighted by molar-refractivity contribution is 1.10. The molecular formula is C10H8BrN5.